The molecule has 0 amide bonds. The second-order valence-corrected chi connectivity index (χ2v) is 5.34. The molecule has 0 bridgehead atoms. The summed E-state index contributed by atoms with van der Waals surface area (Å²) in [7, 11) is 0. The van der Waals surface area contributed by atoms with Crippen molar-refractivity contribution in [1.29, 1.82) is 0 Å². The molecule has 0 aliphatic carbocycles. The minimum Gasteiger partial charge on any atom is -0.0894 e. The molecular weight excluding hydrogens is 212 g/mol. The molecule has 74 valence electrons. The van der Waals surface area contributed by atoms with Crippen molar-refractivity contribution >= 4 is 15.9 Å². The highest BCUT2D eigenvalue weighted by Crippen LogP contribution is 2.20. The molecule has 12 heavy (non-hydrogen) atoms. The Bertz CT molecular complexity index is 89.0. The van der Waals surface area contributed by atoms with Crippen molar-refractivity contribution in [2.45, 2.75) is 64.1 Å². The highest BCUT2D eigenvalue weighted by Gasteiger charge is 2.06. The minimum absolute atomic E-state index is 0.702. The maximum absolute atomic E-state index is 3.60. The second kappa shape index (κ2) is 8.10. The van der Waals surface area contributed by atoms with Crippen LogP contribution in [0.3, 0.4) is 0 Å². The van der Waals surface area contributed by atoms with Crippen LogP contribution in [0, 0.1) is 5.92 Å². The van der Waals surface area contributed by atoms with Gasteiger partial charge in [0.1, 0.15) is 0 Å². The first-order valence-corrected chi connectivity index (χ1v) is 6.26. The first-order chi connectivity index (χ1) is 5.70. The number of hydrogen-bond acceptors (Lipinski definition) is 0. The van der Waals surface area contributed by atoms with E-state index in [-0.39, 0.29) is 0 Å². The first-order valence-electron chi connectivity index (χ1n) is 5.34. The molecule has 0 aromatic heterocycles. The van der Waals surface area contributed by atoms with Crippen LogP contribution in [-0.4, -0.2) is 4.83 Å². The monoisotopic (exact) mass is 234 g/mol. The first kappa shape index (κ1) is 12.5. The van der Waals surface area contributed by atoms with Gasteiger partial charge in [0.25, 0.3) is 0 Å². The average Bonchev–Trinajstić information content (AvgIpc) is 2.05. The molecule has 0 aliphatic rings. The molecule has 0 rings (SSSR count). The van der Waals surface area contributed by atoms with E-state index in [4.69, 9.17) is 0 Å². The average molecular weight is 235 g/mol. The zero-order chi connectivity index (χ0) is 9.40. The summed E-state index contributed by atoms with van der Waals surface area (Å²) in [4.78, 5) is 0.702. The number of unbranched alkanes of at least 4 members (excludes halogenated alkanes) is 1. The highest BCUT2D eigenvalue weighted by atomic mass is 79.9. The zero-order valence-corrected chi connectivity index (χ0v) is 10.4. The van der Waals surface area contributed by atoms with Crippen LogP contribution in [-0.2, 0) is 0 Å². The van der Waals surface area contributed by atoms with E-state index in [1.807, 2.05) is 0 Å². The molecule has 0 saturated carbocycles. The van der Waals surface area contributed by atoms with E-state index >= 15 is 0 Å². The quantitative estimate of drug-likeness (QED) is 0.558. The van der Waals surface area contributed by atoms with E-state index < -0.39 is 0 Å². The summed E-state index contributed by atoms with van der Waals surface area (Å²) < 4.78 is 0. The molecule has 0 aliphatic heterocycles. The fourth-order valence-electron chi connectivity index (χ4n) is 1.51. The van der Waals surface area contributed by atoms with Crippen LogP contribution < -0.4 is 0 Å². The maximum atomic E-state index is 3.60. The van der Waals surface area contributed by atoms with Gasteiger partial charge in [0.05, 0.1) is 0 Å². The van der Waals surface area contributed by atoms with Gasteiger partial charge in [0, 0.05) is 4.83 Å². The summed E-state index contributed by atoms with van der Waals surface area (Å²) in [6.07, 6.45) is 8.30. The second-order valence-electron chi connectivity index (χ2n) is 3.77. The van der Waals surface area contributed by atoms with Crippen LogP contribution >= 0.6 is 15.9 Å². The van der Waals surface area contributed by atoms with Crippen molar-refractivity contribution in [2.75, 3.05) is 0 Å². The number of rotatable bonds is 7. The minimum atomic E-state index is 0.702. The molecule has 2 unspecified atom stereocenters. The number of hydrogen-bond donors (Lipinski definition) is 0. The van der Waals surface area contributed by atoms with Crippen LogP contribution in [0.15, 0.2) is 0 Å². The van der Waals surface area contributed by atoms with Gasteiger partial charge in [-0.3, -0.25) is 0 Å². The van der Waals surface area contributed by atoms with E-state index in [0.29, 0.717) is 4.83 Å². The third-order valence-corrected chi connectivity index (χ3v) is 2.97. The smallest absolute Gasteiger partial charge is 0.0117 e. The van der Waals surface area contributed by atoms with Gasteiger partial charge in [-0.1, -0.05) is 62.4 Å². The lowest BCUT2D eigenvalue weighted by molar-refractivity contribution is 0.411. The van der Waals surface area contributed by atoms with Gasteiger partial charge < -0.3 is 0 Å². The Morgan fingerprint density at radius 3 is 2.17 bits per heavy atom. The SMILES string of the molecule is CCCCC(CC)CCC(C)Br. The highest BCUT2D eigenvalue weighted by molar-refractivity contribution is 9.09. The molecule has 0 heterocycles. The van der Waals surface area contributed by atoms with Gasteiger partial charge in [-0.2, -0.15) is 0 Å². The van der Waals surface area contributed by atoms with Gasteiger partial charge in [-0.15, -0.1) is 0 Å². The van der Waals surface area contributed by atoms with E-state index in [0.717, 1.165) is 5.92 Å². The van der Waals surface area contributed by atoms with Gasteiger partial charge in [-0.05, 0) is 18.8 Å². The van der Waals surface area contributed by atoms with Crippen LogP contribution in [0.4, 0.5) is 0 Å². The van der Waals surface area contributed by atoms with Gasteiger partial charge in [0.15, 0.2) is 0 Å². The molecule has 0 nitrogen and oxygen atoms in total. The predicted molar refractivity (Wildman–Crippen MR) is 60.9 cm³/mol. The normalized spacial score (nSPS) is 16.0. The van der Waals surface area contributed by atoms with Crippen molar-refractivity contribution in [2.24, 2.45) is 5.92 Å². The molecule has 0 fully saturated rings. The van der Waals surface area contributed by atoms with Gasteiger partial charge in [-0.25, -0.2) is 0 Å². The maximum Gasteiger partial charge on any atom is 0.0117 e. The van der Waals surface area contributed by atoms with Crippen LogP contribution in [0.1, 0.15) is 59.3 Å². The molecule has 2 atom stereocenters. The Labute approximate surface area is 86.3 Å². The van der Waals surface area contributed by atoms with Gasteiger partial charge >= 0.3 is 0 Å². The van der Waals surface area contributed by atoms with Crippen molar-refractivity contribution in [3.05, 3.63) is 0 Å². The Morgan fingerprint density at radius 1 is 1.08 bits per heavy atom. The molecule has 0 saturated heterocycles. The molecule has 0 aromatic rings. The summed E-state index contributed by atoms with van der Waals surface area (Å²) in [6.45, 7) is 6.84. The van der Waals surface area contributed by atoms with Crippen molar-refractivity contribution in [3.63, 3.8) is 0 Å². The van der Waals surface area contributed by atoms with Crippen molar-refractivity contribution < 1.29 is 0 Å². The standard InChI is InChI=1S/C11H23Br/c1-4-6-7-11(5-2)9-8-10(3)12/h10-11H,4-9H2,1-3H3. The number of halogens is 1. The molecule has 0 radical (unpaired) electrons. The molecule has 0 N–H and O–H groups in total. The van der Waals surface area contributed by atoms with Crippen molar-refractivity contribution in [3.8, 4) is 0 Å². The lowest BCUT2D eigenvalue weighted by Crippen LogP contribution is -2.02. The van der Waals surface area contributed by atoms with E-state index in [2.05, 4.69) is 36.7 Å². The van der Waals surface area contributed by atoms with Crippen molar-refractivity contribution in [1.82, 2.24) is 0 Å². The summed E-state index contributed by atoms with van der Waals surface area (Å²) in [5, 5.41) is 0. The largest absolute Gasteiger partial charge is 0.0894 e. The molecular formula is C11H23Br. The van der Waals surface area contributed by atoms with Crippen LogP contribution in [0.5, 0.6) is 0 Å². The van der Waals surface area contributed by atoms with Crippen LogP contribution in [0.2, 0.25) is 0 Å². The van der Waals surface area contributed by atoms with E-state index in [1.54, 1.807) is 0 Å². The molecule has 0 aromatic carbocycles. The predicted octanol–water partition coefficient (Wildman–Crippen LogP) is 4.77. The van der Waals surface area contributed by atoms with Gasteiger partial charge in [0.2, 0.25) is 0 Å². The molecule has 1 heteroatoms. The third-order valence-electron chi connectivity index (χ3n) is 2.52. The van der Waals surface area contributed by atoms with Crippen LogP contribution in [0.25, 0.3) is 0 Å². The Morgan fingerprint density at radius 2 is 1.75 bits per heavy atom. The summed E-state index contributed by atoms with van der Waals surface area (Å²) in [5.74, 6) is 0.977. The topological polar surface area (TPSA) is 0 Å². The fourth-order valence-corrected chi connectivity index (χ4v) is 1.78. The van der Waals surface area contributed by atoms with E-state index in [9.17, 15) is 0 Å². The zero-order valence-electron chi connectivity index (χ0n) is 8.78. The summed E-state index contributed by atoms with van der Waals surface area (Å²) in [5.41, 5.74) is 0. The van der Waals surface area contributed by atoms with E-state index in [1.165, 1.54) is 38.5 Å². The summed E-state index contributed by atoms with van der Waals surface area (Å²) in [6, 6.07) is 0. The third kappa shape index (κ3) is 7.15. The Kier molecular flexibility index (Phi) is 8.42. The lowest BCUT2D eigenvalue weighted by Gasteiger charge is -2.14. The molecule has 0 spiro atoms. The lowest BCUT2D eigenvalue weighted by atomic mass is 9.94. The Hall–Kier alpha value is 0.480. The summed E-state index contributed by atoms with van der Waals surface area (Å²) >= 11 is 3.60. The fraction of sp³-hybridized carbons (Fsp3) is 1.00. The number of alkyl halides is 1. The Balaban J connectivity index is 3.39.